The molecule has 158 valence electrons. The first kappa shape index (κ1) is 20.2. The van der Waals surface area contributed by atoms with Gasteiger partial charge in [-0.15, -0.1) is 0 Å². The Hall–Kier alpha value is -2.08. The van der Waals surface area contributed by atoms with Gasteiger partial charge in [-0.1, -0.05) is 18.2 Å². The molecule has 0 unspecified atom stereocenters. The largest absolute Gasteiger partial charge is 0.369 e. The molecule has 29 heavy (non-hydrogen) atoms. The molecule has 4 rings (SSSR count). The highest BCUT2D eigenvalue weighted by atomic mass is 16.5. The molecule has 0 spiro atoms. The van der Waals surface area contributed by atoms with E-state index in [1.54, 1.807) is 0 Å². The lowest BCUT2D eigenvalue weighted by atomic mass is 9.81. The molecule has 6 heteroatoms. The summed E-state index contributed by atoms with van der Waals surface area (Å²) in [5.74, 6) is 0.821. The zero-order valence-electron chi connectivity index (χ0n) is 17.2. The molecule has 2 N–H and O–H groups in total. The van der Waals surface area contributed by atoms with Gasteiger partial charge in [-0.05, 0) is 62.5 Å². The quantitative estimate of drug-likeness (QED) is 0.738. The molecule has 2 fully saturated rings. The normalized spacial score (nSPS) is 26.2. The van der Waals surface area contributed by atoms with Crippen LogP contribution in [0.2, 0.25) is 0 Å². The number of hydrogen-bond acceptors (Lipinski definition) is 4. The fourth-order valence-electron chi connectivity index (χ4n) is 4.87. The number of carbonyl (C=O) groups excluding carboxylic acids is 2. The van der Waals surface area contributed by atoms with Crippen LogP contribution in [0.5, 0.6) is 0 Å². The fraction of sp³-hybridized carbons (Fsp3) is 0.652. The van der Waals surface area contributed by atoms with E-state index in [-0.39, 0.29) is 23.8 Å². The second-order valence-electron chi connectivity index (χ2n) is 8.62. The SMILES string of the molecule is O=C(NCCN1CCc2ccccc21)C1CCC(CNC(=O)[C@@H]2CCCO2)CC1. The molecular weight excluding hydrogens is 366 g/mol. The number of anilines is 1. The van der Waals surface area contributed by atoms with Gasteiger partial charge in [0.2, 0.25) is 11.8 Å². The van der Waals surface area contributed by atoms with Gasteiger partial charge in [0.15, 0.2) is 0 Å². The molecule has 2 heterocycles. The number of benzene rings is 1. The summed E-state index contributed by atoms with van der Waals surface area (Å²) in [5.41, 5.74) is 2.72. The summed E-state index contributed by atoms with van der Waals surface area (Å²) in [6.45, 7) is 4.01. The average molecular weight is 400 g/mol. The Kier molecular flexibility index (Phi) is 6.70. The number of hydrogen-bond donors (Lipinski definition) is 2. The van der Waals surface area contributed by atoms with E-state index in [1.165, 1.54) is 11.3 Å². The van der Waals surface area contributed by atoms with Crippen molar-refractivity contribution < 1.29 is 14.3 Å². The van der Waals surface area contributed by atoms with Gasteiger partial charge in [0, 0.05) is 44.4 Å². The molecule has 1 aromatic carbocycles. The predicted molar refractivity (Wildman–Crippen MR) is 113 cm³/mol. The van der Waals surface area contributed by atoms with Crippen LogP contribution in [-0.4, -0.2) is 50.7 Å². The molecule has 0 bridgehead atoms. The van der Waals surface area contributed by atoms with Gasteiger partial charge in [-0.25, -0.2) is 0 Å². The molecule has 2 aliphatic heterocycles. The molecule has 1 aromatic rings. The maximum Gasteiger partial charge on any atom is 0.249 e. The molecule has 1 aliphatic carbocycles. The number of nitrogens with one attached hydrogen (secondary N) is 2. The second-order valence-corrected chi connectivity index (χ2v) is 8.62. The minimum Gasteiger partial charge on any atom is -0.369 e. The first-order valence-electron chi connectivity index (χ1n) is 11.2. The monoisotopic (exact) mass is 399 g/mol. The van der Waals surface area contributed by atoms with Gasteiger partial charge >= 0.3 is 0 Å². The molecule has 1 saturated heterocycles. The van der Waals surface area contributed by atoms with E-state index in [2.05, 4.69) is 39.8 Å². The molecule has 2 amide bonds. The van der Waals surface area contributed by atoms with E-state index in [9.17, 15) is 9.59 Å². The number of amides is 2. The number of para-hydroxylation sites is 1. The summed E-state index contributed by atoms with van der Waals surface area (Å²) < 4.78 is 5.43. The zero-order valence-corrected chi connectivity index (χ0v) is 17.2. The number of ether oxygens (including phenoxy) is 1. The van der Waals surface area contributed by atoms with E-state index >= 15 is 0 Å². The predicted octanol–water partition coefficient (Wildman–Crippen LogP) is 2.27. The highest BCUT2D eigenvalue weighted by Gasteiger charge is 2.28. The van der Waals surface area contributed by atoms with E-state index in [1.807, 2.05) is 0 Å². The summed E-state index contributed by atoms with van der Waals surface area (Å²) >= 11 is 0. The van der Waals surface area contributed by atoms with Crippen LogP contribution >= 0.6 is 0 Å². The summed E-state index contributed by atoms with van der Waals surface area (Å²) in [4.78, 5) is 27.0. The van der Waals surface area contributed by atoms with Gasteiger partial charge in [0.25, 0.3) is 0 Å². The summed E-state index contributed by atoms with van der Waals surface area (Å²) in [7, 11) is 0. The average Bonchev–Trinajstić information content (AvgIpc) is 3.43. The van der Waals surface area contributed by atoms with Gasteiger partial charge < -0.3 is 20.3 Å². The Balaban J connectivity index is 1.12. The molecule has 1 atom stereocenters. The first-order valence-corrected chi connectivity index (χ1v) is 11.2. The standard InChI is InChI=1S/C23H33N3O3/c27-22(24-12-14-26-13-11-18-4-1-2-5-20(18)26)19-9-7-17(8-10-19)16-25-23(28)21-6-3-15-29-21/h1-2,4-5,17,19,21H,3,6-16H2,(H,24,27)(H,25,28)/t17?,19?,21-/m0/s1. The van der Waals surface area contributed by atoms with Crippen LogP contribution in [0.4, 0.5) is 5.69 Å². The van der Waals surface area contributed by atoms with E-state index < -0.39 is 0 Å². The van der Waals surface area contributed by atoms with Crippen molar-refractivity contribution in [3.63, 3.8) is 0 Å². The summed E-state index contributed by atoms with van der Waals surface area (Å²) in [5, 5.41) is 6.19. The first-order chi connectivity index (χ1) is 14.2. The molecule has 0 aromatic heterocycles. The van der Waals surface area contributed by atoms with Crippen molar-refractivity contribution in [1.29, 1.82) is 0 Å². The van der Waals surface area contributed by atoms with Crippen LogP contribution in [-0.2, 0) is 20.7 Å². The Morgan fingerprint density at radius 3 is 2.66 bits per heavy atom. The van der Waals surface area contributed by atoms with E-state index in [0.29, 0.717) is 25.6 Å². The minimum absolute atomic E-state index is 0.0332. The molecule has 0 radical (unpaired) electrons. The van der Waals surface area contributed by atoms with Crippen LogP contribution in [0.25, 0.3) is 0 Å². The Bertz CT molecular complexity index is 709. The summed E-state index contributed by atoms with van der Waals surface area (Å²) in [6.07, 6.45) is 6.49. The van der Waals surface area contributed by atoms with Crippen molar-refractivity contribution in [1.82, 2.24) is 10.6 Å². The number of fused-ring (bicyclic) bond motifs is 1. The van der Waals surface area contributed by atoms with Crippen LogP contribution in [0.15, 0.2) is 24.3 Å². The zero-order chi connectivity index (χ0) is 20.1. The van der Waals surface area contributed by atoms with E-state index in [4.69, 9.17) is 4.74 Å². The Morgan fingerprint density at radius 1 is 1.03 bits per heavy atom. The third kappa shape index (κ3) is 5.10. The number of rotatable bonds is 7. The highest BCUT2D eigenvalue weighted by molar-refractivity contribution is 5.81. The van der Waals surface area contributed by atoms with E-state index in [0.717, 1.165) is 58.0 Å². The third-order valence-corrected chi connectivity index (χ3v) is 6.67. The smallest absolute Gasteiger partial charge is 0.249 e. The van der Waals surface area contributed by atoms with Gasteiger partial charge in [-0.3, -0.25) is 9.59 Å². The lowest BCUT2D eigenvalue weighted by molar-refractivity contribution is -0.130. The van der Waals surface area contributed by atoms with Crippen LogP contribution in [0.1, 0.15) is 44.1 Å². The number of carbonyl (C=O) groups is 2. The number of nitrogens with zero attached hydrogens (tertiary/aromatic N) is 1. The Morgan fingerprint density at radius 2 is 1.86 bits per heavy atom. The van der Waals surface area contributed by atoms with Gasteiger partial charge in [0.1, 0.15) is 6.10 Å². The molecular formula is C23H33N3O3. The van der Waals surface area contributed by atoms with Crippen LogP contribution in [0.3, 0.4) is 0 Å². The molecule has 1 saturated carbocycles. The van der Waals surface area contributed by atoms with Crippen molar-refractivity contribution in [2.75, 3.05) is 37.7 Å². The maximum atomic E-state index is 12.5. The van der Waals surface area contributed by atoms with Crippen molar-refractivity contribution in [3.8, 4) is 0 Å². The van der Waals surface area contributed by atoms with Crippen molar-refractivity contribution in [2.24, 2.45) is 11.8 Å². The Labute approximate surface area is 173 Å². The van der Waals surface area contributed by atoms with Gasteiger partial charge in [0.05, 0.1) is 0 Å². The highest BCUT2D eigenvalue weighted by Crippen LogP contribution is 2.29. The van der Waals surface area contributed by atoms with Crippen LogP contribution < -0.4 is 15.5 Å². The van der Waals surface area contributed by atoms with Crippen molar-refractivity contribution in [2.45, 2.75) is 51.0 Å². The topological polar surface area (TPSA) is 70.7 Å². The van der Waals surface area contributed by atoms with Crippen molar-refractivity contribution >= 4 is 17.5 Å². The molecule has 6 nitrogen and oxygen atoms in total. The van der Waals surface area contributed by atoms with Crippen LogP contribution in [0, 0.1) is 11.8 Å². The maximum absolute atomic E-state index is 12.5. The lowest BCUT2D eigenvalue weighted by Crippen LogP contribution is -2.40. The third-order valence-electron chi connectivity index (χ3n) is 6.67. The summed E-state index contributed by atoms with van der Waals surface area (Å²) in [6, 6.07) is 8.53. The minimum atomic E-state index is -0.250. The second kappa shape index (κ2) is 9.61. The fourth-order valence-corrected chi connectivity index (χ4v) is 4.87. The van der Waals surface area contributed by atoms with Crippen molar-refractivity contribution in [3.05, 3.63) is 29.8 Å². The van der Waals surface area contributed by atoms with Gasteiger partial charge in [-0.2, -0.15) is 0 Å². The molecule has 3 aliphatic rings. The lowest BCUT2D eigenvalue weighted by Gasteiger charge is -2.28.